The van der Waals surface area contributed by atoms with Gasteiger partial charge in [-0.05, 0) is 45.2 Å². The van der Waals surface area contributed by atoms with Crippen molar-refractivity contribution in [1.29, 1.82) is 0 Å². The largest absolute Gasteiger partial charge is 0.325 e. The summed E-state index contributed by atoms with van der Waals surface area (Å²) in [5, 5.41) is 0. The van der Waals surface area contributed by atoms with E-state index < -0.39 is 11.6 Å². The van der Waals surface area contributed by atoms with E-state index in [1.807, 2.05) is 39.0 Å². The Morgan fingerprint density at radius 2 is 1.74 bits per heavy atom. The Bertz CT molecular complexity index is 708. The Balaban J connectivity index is 1.92. The van der Waals surface area contributed by atoms with Crippen LogP contribution in [-0.2, 0) is 14.4 Å². The zero-order chi connectivity index (χ0) is 19.6. The Morgan fingerprint density at radius 3 is 2.33 bits per heavy atom. The second-order valence-corrected chi connectivity index (χ2v) is 8.33. The normalized spacial score (nSPS) is 21.6. The zero-order valence-corrected chi connectivity index (χ0v) is 16.6. The molecule has 1 saturated carbocycles. The van der Waals surface area contributed by atoms with Gasteiger partial charge in [0, 0.05) is 11.5 Å². The first kappa shape index (κ1) is 19.6. The van der Waals surface area contributed by atoms with Crippen LogP contribution in [0.5, 0.6) is 0 Å². The molecule has 0 aromatic heterocycles. The first-order valence-corrected chi connectivity index (χ1v) is 10.1. The van der Waals surface area contributed by atoms with Gasteiger partial charge in [-0.1, -0.05) is 44.4 Å². The summed E-state index contributed by atoms with van der Waals surface area (Å²) in [4.78, 5) is 42.3. The lowest BCUT2D eigenvalue weighted by Gasteiger charge is -2.43. The lowest BCUT2D eigenvalue weighted by Crippen LogP contribution is -2.57. The minimum atomic E-state index is -0.706. The predicted octanol–water partition coefficient (Wildman–Crippen LogP) is 3.92. The molecule has 5 heteroatoms. The van der Waals surface area contributed by atoms with Gasteiger partial charge in [-0.25, -0.2) is 4.90 Å². The maximum atomic E-state index is 13.4. The van der Waals surface area contributed by atoms with Gasteiger partial charge in [0.25, 0.3) is 5.91 Å². The van der Waals surface area contributed by atoms with Crippen molar-refractivity contribution < 1.29 is 14.4 Å². The lowest BCUT2D eigenvalue weighted by atomic mass is 9.85. The van der Waals surface area contributed by atoms with Gasteiger partial charge < -0.3 is 4.90 Å². The Morgan fingerprint density at radius 1 is 1.11 bits per heavy atom. The number of anilines is 1. The number of carbonyl (C=O) groups excluding carboxylic acids is 3. The maximum Gasteiger partial charge on any atom is 0.257 e. The highest BCUT2D eigenvalue weighted by atomic mass is 16.2. The van der Waals surface area contributed by atoms with Gasteiger partial charge in [0.05, 0.1) is 12.1 Å². The summed E-state index contributed by atoms with van der Waals surface area (Å²) in [5.41, 5.74) is 0.108. The highest BCUT2D eigenvalue weighted by Crippen LogP contribution is 2.35. The summed E-state index contributed by atoms with van der Waals surface area (Å²) in [5.74, 6) is -0.498. The third kappa shape index (κ3) is 3.78. The van der Waals surface area contributed by atoms with Crippen LogP contribution in [0.4, 0.5) is 5.69 Å². The molecule has 3 amide bonds. The summed E-state index contributed by atoms with van der Waals surface area (Å²) in [6, 6.07) is 8.29. The van der Waals surface area contributed by atoms with Crippen LogP contribution in [-0.4, -0.2) is 34.2 Å². The third-order valence-corrected chi connectivity index (χ3v) is 6.16. The molecule has 0 bridgehead atoms. The first-order chi connectivity index (χ1) is 12.9. The summed E-state index contributed by atoms with van der Waals surface area (Å²) in [6.45, 7) is 6.02. The Labute approximate surface area is 161 Å². The Kier molecular flexibility index (Phi) is 5.68. The molecular formula is C22H30N2O3. The smallest absolute Gasteiger partial charge is 0.257 e. The van der Waals surface area contributed by atoms with Crippen molar-refractivity contribution in [3.05, 3.63) is 30.3 Å². The fourth-order valence-corrected chi connectivity index (χ4v) is 4.26. The molecule has 3 rings (SSSR count). The molecule has 1 unspecified atom stereocenters. The van der Waals surface area contributed by atoms with Crippen LogP contribution in [0.2, 0.25) is 0 Å². The first-order valence-electron chi connectivity index (χ1n) is 10.1. The SMILES string of the molecule is CCC(C)(C)N(C(=O)C1CCCCC1)C1CC(=O)N(c2ccccc2)C1=O. The van der Waals surface area contributed by atoms with Crippen LogP contribution in [0.15, 0.2) is 30.3 Å². The van der Waals surface area contributed by atoms with Crippen molar-refractivity contribution in [2.75, 3.05) is 4.90 Å². The summed E-state index contributed by atoms with van der Waals surface area (Å²) >= 11 is 0. The number of imide groups is 1. The second kappa shape index (κ2) is 7.83. The van der Waals surface area contributed by atoms with Crippen LogP contribution >= 0.6 is 0 Å². The van der Waals surface area contributed by atoms with Gasteiger partial charge in [0.1, 0.15) is 6.04 Å². The number of para-hydroxylation sites is 1. The fourth-order valence-electron chi connectivity index (χ4n) is 4.26. The highest BCUT2D eigenvalue weighted by molar-refractivity contribution is 6.23. The molecule has 1 heterocycles. The van der Waals surface area contributed by atoms with Crippen molar-refractivity contribution in [3.8, 4) is 0 Å². The predicted molar refractivity (Wildman–Crippen MR) is 105 cm³/mol. The van der Waals surface area contributed by atoms with E-state index in [2.05, 4.69) is 0 Å². The molecule has 0 spiro atoms. The van der Waals surface area contributed by atoms with Gasteiger partial charge >= 0.3 is 0 Å². The van der Waals surface area contributed by atoms with Crippen molar-refractivity contribution in [3.63, 3.8) is 0 Å². The molecule has 1 atom stereocenters. The second-order valence-electron chi connectivity index (χ2n) is 8.33. The van der Waals surface area contributed by atoms with E-state index in [0.29, 0.717) is 5.69 Å². The number of hydrogen-bond acceptors (Lipinski definition) is 3. The van der Waals surface area contributed by atoms with Crippen molar-refractivity contribution >= 4 is 23.4 Å². The summed E-state index contributed by atoms with van der Waals surface area (Å²) in [6.07, 6.45) is 5.85. The number of benzene rings is 1. The molecule has 0 radical (unpaired) electrons. The average molecular weight is 370 g/mol. The van der Waals surface area contributed by atoms with E-state index in [-0.39, 0.29) is 30.1 Å². The average Bonchev–Trinajstić information content (AvgIpc) is 2.97. The third-order valence-electron chi connectivity index (χ3n) is 6.16. The lowest BCUT2D eigenvalue weighted by molar-refractivity contribution is -0.149. The number of rotatable bonds is 5. The molecule has 1 aromatic carbocycles. The van der Waals surface area contributed by atoms with Crippen LogP contribution in [0.3, 0.4) is 0 Å². The molecular weight excluding hydrogens is 340 g/mol. The quantitative estimate of drug-likeness (QED) is 0.738. The van der Waals surface area contributed by atoms with Crippen molar-refractivity contribution in [2.45, 2.75) is 77.3 Å². The van der Waals surface area contributed by atoms with Crippen LogP contribution in [0, 0.1) is 5.92 Å². The minimum absolute atomic E-state index is 0.0294. The van der Waals surface area contributed by atoms with Gasteiger partial charge in [-0.2, -0.15) is 0 Å². The van der Waals surface area contributed by atoms with Gasteiger partial charge in [-0.15, -0.1) is 0 Å². The van der Waals surface area contributed by atoms with Gasteiger partial charge in [0.2, 0.25) is 11.8 Å². The highest BCUT2D eigenvalue weighted by Gasteiger charge is 2.49. The van der Waals surface area contributed by atoms with Crippen molar-refractivity contribution in [1.82, 2.24) is 4.90 Å². The molecule has 1 aromatic rings. The molecule has 0 N–H and O–H groups in total. The van der Waals surface area contributed by atoms with E-state index in [1.54, 1.807) is 17.0 Å². The van der Waals surface area contributed by atoms with Crippen LogP contribution in [0.25, 0.3) is 0 Å². The minimum Gasteiger partial charge on any atom is -0.325 e. The molecule has 1 aliphatic heterocycles. The molecule has 5 nitrogen and oxygen atoms in total. The van der Waals surface area contributed by atoms with E-state index in [9.17, 15) is 14.4 Å². The molecule has 2 aliphatic rings. The molecule has 1 aliphatic carbocycles. The van der Waals surface area contributed by atoms with Crippen LogP contribution < -0.4 is 4.90 Å². The monoisotopic (exact) mass is 370 g/mol. The number of carbonyl (C=O) groups is 3. The number of nitrogens with zero attached hydrogens (tertiary/aromatic N) is 2. The van der Waals surface area contributed by atoms with E-state index >= 15 is 0 Å². The standard InChI is InChI=1S/C22H30N2O3/c1-4-22(2,3)24(20(26)16-11-7-5-8-12-16)18-15-19(25)23(21(18)27)17-13-9-6-10-14-17/h6,9-10,13-14,16,18H,4-5,7-8,11-12,15H2,1-3H3. The fraction of sp³-hybridized carbons (Fsp3) is 0.591. The van der Waals surface area contributed by atoms with Gasteiger partial charge in [-0.3, -0.25) is 14.4 Å². The van der Waals surface area contributed by atoms with Crippen molar-refractivity contribution in [2.24, 2.45) is 5.92 Å². The van der Waals surface area contributed by atoms with Gasteiger partial charge in [0.15, 0.2) is 0 Å². The van der Waals surface area contributed by atoms with E-state index in [0.717, 1.165) is 32.1 Å². The van der Waals surface area contributed by atoms with E-state index in [1.165, 1.54) is 11.3 Å². The maximum absolute atomic E-state index is 13.4. The summed E-state index contributed by atoms with van der Waals surface area (Å²) in [7, 11) is 0. The van der Waals surface area contributed by atoms with E-state index in [4.69, 9.17) is 0 Å². The molecule has 146 valence electrons. The van der Waals surface area contributed by atoms with Crippen LogP contribution in [0.1, 0.15) is 65.7 Å². The molecule has 2 fully saturated rings. The number of hydrogen-bond donors (Lipinski definition) is 0. The Hall–Kier alpha value is -2.17. The summed E-state index contributed by atoms with van der Waals surface area (Å²) < 4.78 is 0. The molecule has 1 saturated heterocycles. The molecule has 27 heavy (non-hydrogen) atoms. The zero-order valence-electron chi connectivity index (χ0n) is 16.6. The topological polar surface area (TPSA) is 57.7 Å². The number of amides is 3.